The first-order valence-corrected chi connectivity index (χ1v) is 9.06. The van der Waals surface area contributed by atoms with Crippen molar-refractivity contribution in [3.8, 4) is 11.1 Å². The van der Waals surface area contributed by atoms with E-state index in [0.29, 0.717) is 0 Å². The van der Waals surface area contributed by atoms with Gasteiger partial charge in [0.05, 0.1) is 6.10 Å². The third-order valence-corrected chi connectivity index (χ3v) is 5.08. The quantitative estimate of drug-likeness (QED) is 0.772. The molecule has 0 aliphatic carbocycles. The number of aliphatic hydroxyl groups excluding tert-OH is 1. The molecule has 0 unspecified atom stereocenters. The second kappa shape index (κ2) is 7.77. The molecule has 0 bridgehead atoms. The van der Waals surface area contributed by atoms with E-state index in [1.165, 1.54) is 16.7 Å². The molecule has 1 saturated heterocycles. The van der Waals surface area contributed by atoms with Crippen LogP contribution >= 0.6 is 0 Å². The van der Waals surface area contributed by atoms with Gasteiger partial charge in [-0.15, -0.1) is 0 Å². The van der Waals surface area contributed by atoms with Crippen LogP contribution in [0.15, 0.2) is 73.3 Å². The zero-order chi connectivity index (χ0) is 17.8. The van der Waals surface area contributed by atoms with Gasteiger partial charge in [-0.3, -0.25) is 14.9 Å². The highest BCUT2D eigenvalue weighted by molar-refractivity contribution is 5.62. The van der Waals surface area contributed by atoms with Crippen molar-refractivity contribution in [2.75, 3.05) is 13.1 Å². The Morgan fingerprint density at radius 3 is 2.38 bits per heavy atom. The highest BCUT2D eigenvalue weighted by Crippen LogP contribution is 2.24. The normalized spacial score (nSPS) is 20.3. The molecule has 132 valence electrons. The smallest absolute Gasteiger partial charge is 0.0710 e. The molecule has 2 aromatic heterocycles. The van der Waals surface area contributed by atoms with Crippen molar-refractivity contribution in [3.05, 3.63) is 84.4 Å². The standard InChI is InChI=1S/C22H23N3O/c26-22-16-25(15-21(22)12-17-7-10-23-11-8-17)14-18-3-5-19(6-4-18)20-2-1-9-24-13-20/h1-11,13,21-22,26H,12,14-16H2/t21-,22-/m1/s1. The molecular weight excluding hydrogens is 322 g/mol. The Labute approximate surface area is 154 Å². The van der Waals surface area contributed by atoms with E-state index in [1.54, 1.807) is 6.20 Å². The van der Waals surface area contributed by atoms with Crippen molar-refractivity contribution in [3.63, 3.8) is 0 Å². The van der Waals surface area contributed by atoms with Gasteiger partial charge in [0.15, 0.2) is 0 Å². The van der Waals surface area contributed by atoms with Crippen molar-refractivity contribution in [2.45, 2.75) is 19.1 Å². The first kappa shape index (κ1) is 16.9. The number of hydrogen-bond donors (Lipinski definition) is 1. The van der Waals surface area contributed by atoms with Crippen LogP contribution in [-0.4, -0.2) is 39.2 Å². The van der Waals surface area contributed by atoms with E-state index in [-0.39, 0.29) is 12.0 Å². The van der Waals surface area contributed by atoms with Crippen LogP contribution in [0.4, 0.5) is 0 Å². The third kappa shape index (κ3) is 3.98. The van der Waals surface area contributed by atoms with Gasteiger partial charge in [0.1, 0.15) is 0 Å². The van der Waals surface area contributed by atoms with Crippen LogP contribution in [0.25, 0.3) is 11.1 Å². The summed E-state index contributed by atoms with van der Waals surface area (Å²) < 4.78 is 0. The number of hydrogen-bond acceptors (Lipinski definition) is 4. The van der Waals surface area contributed by atoms with Gasteiger partial charge in [0.2, 0.25) is 0 Å². The lowest BCUT2D eigenvalue weighted by Crippen LogP contribution is -2.21. The second-order valence-electron chi connectivity index (χ2n) is 7.02. The Morgan fingerprint density at radius 2 is 1.65 bits per heavy atom. The molecule has 4 heteroatoms. The maximum atomic E-state index is 10.4. The Hall–Kier alpha value is -2.56. The first-order valence-electron chi connectivity index (χ1n) is 9.06. The van der Waals surface area contributed by atoms with E-state index in [4.69, 9.17) is 0 Å². The van der Waals surface area contributed by atoms with Crippen LogP contribution in [0.5, 0.6) is 0 Å². The fourth-order valence-electron chi connectivity index (χ4n) is 3.69. The molecule has 1 aromatic carbocycles. The van der Waals surface area contributed by atoms with Crippen molar-refractivity contribution in [2.24, 2.45) is 5.92 Å². The molecule has 3 heterocycles. The number of benzene rings is 1. The van der Waals surface area contributed by atoms with Gasteiger partial charge in [0, 0.05) is 50.3 Å². The lowest BCUT2D eigenvalue weighted by molar-refractivity contribution is 0.141. The minimum atomic E-state index is -0.266. The van der Waals surface area contributed by atoms with Crippen molar-refractivity contribution >= 4 is 0 Å². The number of nitrogens with zero attached hydrogens (tertiary/aromatic N) is 3. The van der Waals surface area contributed by atoms with Crippen molar-refractivity contribution < 1.29 is 5.11 Å². The Balaban J connectivity index is 1.37. The van der Waals surface area contributed by atoms with Crippen LogP contribution in [0.2, 0.25) is 0 Å². The summed E-state index contributed by atoms with van der Waals surface area (Å²) in [5.41, 5.74) is 4.83. The average molecular weight is 345 g/mol. The monoisotopic (exact) mass is 345 g/mol. The highest BCUT2D eigenvalue weighted by atomic mass is 16.3. The number of β-amino-alcohol motifs (C(OH)–C–C–N with tert-alkyl or cyclic N) is 1. The van der Waals surface area contributed by atoms with Gasteiger partial charge in [-0.2, -0.15) is 0 Å². The van der Waals surface area contributed by atoms with Crippen LogP contribution < -0.4 is 0 Å². The highest BCUT2D eigenvalue weighted by Gasteiger charge is 2.31. The maximum absolute atomic E-state index is 10.4. The summed E-state index contributed by atoms with van der Waals surface area (Å²) in [6, 6.07) is 16.7. The van der Waals surface area contributed by atoms with Gasteiger partial charge in [-0.05, 0) is 46.9 Å². The summed E-state index contributed by atoms with van der Waals surface area (Å²) in [6.45, 7) is 2.53. The van der Waals surface area contributed by atoms with E-state index in [9.17, 15) is 5.11 Å². The largest absolute Gasteiger partial charge is 0.391 e. The minimum absolute atomic E-state index is 0.266. The summed E-state index contributed by atoms with van der Waals surface area (Å²) >= 11 is 0. The fraction of sp³-hybridized carbons (Fsp3) is 0.273. The van der Waals surface area contributed by atoms with E-state index in [0.717, 1.165) is 31.6 Å². The molecule has 1 N–H and O–H groups in total. The summed E-state index contributed by atoms with van der Waals surface area (Å²) in [7, 11) is 0. The summed E-state index contributed by atoms with van der Waals surface area (Å²) in [5, 5.41) is 10.4. The predicted octanol–water partition coefficient (Wildman–Crippen LogP) is 3.18. The molecule has 1 aliphatic rings. The minimum Gasteiger partial charge on any atom is -0.391 e. The molecule has 4 nitrogen and oxygen atoms in total. The molecule has 0 radical (unpaired) electrons. The molecule has 3 aromatic rings. The third-order valence-electron chi connectivity index (χ3n) is 5.08. The fourth-order valence-corrected chi connectivity index (χ4v) is 3.69. The Kier molecular flexibility index (Phi) is 5.04. The summed E-state index contributed by atoms with van der Waals surface area (Å²) in [5.74, 6) is 0.284. The van der Waals surface area contributed by atoms with Crippen LogP contribution in [-0.2, 0) is 13.0 Å². The number of aliphatic hydroxyl groups is 1. The number of pyridine rings is 2. The van der Waals surface area contributed by atoms with Crippen molar-refractivity contribution in [1.29, 1.82) is 0 Å². The molecule has 1 aliphatic heterocycles. The summed E-state index contributed by atoms with van der Waals surface area (Å²) in [4.78, 5) is 10.6. The van der Waals surface area contributed by atoms with Crippen molar-refractivity contribution in [1.82, 2.24) is 14.9 Å². The topological polar surface area (TPSA) is 49.2 Å². The molecule has 0 amide bonds. The molecule has 0 saturated carbocycles. The van der Waals surface area contributed by atoms with Gasteiger partial charge >= 0.3 is 0 Å². The van der Waals surface area contributed by atoms with E-state index < -0.39 is 0 Å². The second-order valence-corrected chi connectivity index (χ2v) is 7.02. The van der Waals surface area contributed by atoms with Gasteiger partial charge < -0.3 is 5.11 Å². The lowest BCUT2D eigenvalue weighted by Gasteiger charge is -2.16. The molecule has 4 rings (SSSR count). The number of likely N-dealkylation sites (tertiary alicyclic amines) is 1. The SMILES string of the molecule is O[C@@H]1CN(Cc2ccc(-c3cccnc3)cc2)C[C@H]1Cc1ccncc1. The average Bonchev–Trinajstić information content (AvgIpc) is 3.03. The van der Waals surface area contributed by atoms with E-state index in [1.807, 2.05) is 36.8 Å². The van der Waals surface area contributed by atoms with Crippen LogP contribution in [0, 0.1) is 5.92 Å². The lowest BCUT2D eigenvalue weighted by atomic mass is 9.97. The van der Waals surface area contributed by atoms with Gasteiger partial charge in [-0.25, -0.2) is 0 Å². The Morgan fingerprint density at radius 1 is 0.846 bits per heavy atom. The van der Waals surface area contributed by atoms with E-state index >= 15 is 0 Å². The zero-order valence-electron chi connectivity index (χ0n) is 14.7. The predicted molar refractivity (Wildman–Crippen MR) is 102 cm³/mol. The zero-order valence-corrected chi connectivity index (χ0v) is 14.7. The van der Waals surface area contributed by atoms with Gasteiger partial charge in [0.25, 0.3) is 0 Å². The van der Waals surface area contributed by atoms with Crippen LogP contribution in [0.1, 0.15) is 11.1 Å². The molecule has 26 heavy (non-hydrogen) atoms. The molecule has 0 spiro atoms. The summed E-state index contributed by atoms with van der Waals surface area (Å²) in [6.07, 6.45) is 7.95. The van der Waals surface area contributed by atoms with Gasteiger partial charge in [-0.1, -0.05) is 30.3 Å². The molecule has 1 fully saturated rings. The Bertz CT molecular complexity index is 821. The first-order chi connectivity index (χ1) is 12.8. The molecule has 2 atom stereocenters. The maximum Gasteiger partial charge on any atom is 0.0710 e. The number of aromatic nitrogens is 2. The van der Waals surface area contributed by atoms with Crippen LogP contribution in [0.3, 0.4) is 0 Å². The van der Waals surface area contributed by atoms with E-state index in [2.05, 4.69) is 45.2 Å². The molecular formula is C22H23N3O. The number of rotatable bonds is 5.